The zero-order valence-electron chi connectivity index (χ0n) is 21.1. The highest BCUT2D eigenvalue weighted by atomic mass is 16.3. The van der Waals surface area contributed by atoms with Crippen molar-refractivity contribution in [3.05, 3.63) is 11.1 Å². The lowest BCUT2D eigenvalue weighted by molar-refractivity contribution is -0.122. The molecule has 5 unspecified atom stereocenters. The summed E-state index contributed by atoms with van der Waals surface area (Å²) in [6.07, 6.45) is 14.2. The van der Waals surface area contributed by atoms with Gasteiger partial charge in [-0.1, -0.05) is 37.8 Å². The van der Waals surface area contributed by atoms with Crippen LogP contribution in [0, 0.1) is 28.6 Å². The number of carbonyl (C=O) groups excluding carboxylic acids is 1. The average molecular weight is 430 g/mol. The highest BCUT2D eigenvalue weighted by Gasteiger charge is 2.56. The lowest BCUT2D eigenvalue weighted by Gasteiger charge is -2.55. The van der Waals surface area contributed by atoms with Crippen molar-refractivity contribution >= 4 is 5.91 Å². The van der Waals surface area contributed by atoms with Crippen molar-refractivity contribution in [3.63, 3.8) is 0 Å². The van der Waals surface area contributed by atoms with Gasteiger partial charge in [-0.25, -0.2) is 0 Å². The fraction of sp³-hybridized carbons (Fsp3) is 0.893. The molecule has 3 aliphatic carbocycles. The van der Waals surface area contributed by atoms with E-state index in [1.165, 1.54) is 51.4 Å². The molecule has 176 valence electrons. The third-order valence-corrected chi connectivity index (χ3v) is 10.2. The fourth-order valence-electron chi connectivity index (χ4n) is 8.62. The molecule has 0 aromatic rings. The molecule has 3 nitrogen and oxygen atoms in total. The molecule has 1 heterocycles. The van der Waals surface area contributed by atoms with E-state index in [9.17, 15) is 9.90 Å². The summed E-state index contributed by atoms with van der Waals surface area (Å²) in [6.45, 7) is 13.5. The van der Waals surface area contributed by atoms with Crippen molar-refractivity contribution < 1.29 is 9.90 Å². The Balaban J connectivity index is 1.54. The Morgan fingerprint density at radius 1 is 1.00 bits per heavy atom. The number of hydrogen-bond acceptors (Lipinski definition) is 2. The van der Waals surface area contributed by atoms with E-state index in [0.29, 0.717) is 17.8 Å². The quantitative estimate of drug-likeness (QED) is 0.385. The third kappa shape index (κ3) is 4.13. The van der Waals surface area contributed by atoms with E-state index >= 15 is 0 Å². The SMILES string of the molecule is CC(C)(O)CCCCC1CCC2C3=C(CCC12C)C1(C)CCC(=O)NC(C)(C)C1CC3. The number of unbranched alkanes of at least 4 members (excludes halogenated alkanes) is 1. The van der Waals surface area contributed by atoms with Crippen LogP contribution in [-0.2, 0) is 4.79 Å². The molecule has 3 heteroatoms. The van der Waals surface area contributed by atoms with Crippen LogP contribution in [0.4, 0.5) is 0 Å². The summed E-state index contributed by atoms with van der Waals surface area (Å²) in [7, 11) is 0. The van der Waals surface area contributed by atoms with Gasteiger partial charge in [0.2, 0.25) is 5.91 Å². The van der Waals surface area contributed by atoms with Gasteiger partial charge in [-0.3, -0.25) is 4.79 Å². The highest BCUT2D eigenvalue weighted by molar-refractivity contribution is 5.77. The summed E-state index contributed by atoms with van der Waals surface area (Å²) >= 11 is 0. The maximum atomic E-state index is 12.5. The van der Waals surface area contributed by atoms with Crippen LogP contribution in [0.2, 0.25) is 0 Å². The molecule has 4 rings (SSSR count). The van der Waals surface area contributed by atoms with Crippen LogP contribution in [0.25, 0.3) is 0 Å². The number of amides is 1. The molecule has 1 saturated heterocycles. The number of carbonyl (C=O) groups is 1. The lowest BCUT2D eigenvalue weighted by Crippen LogP contribution is -2.54. The minimum Gasteiger partial charge on any atom is -0.390 e. The van der Waals surface area contributed by atoms with Gasteiger partial charge in [0.05, 0.1) is 5.60 Å². The van der Waals surface area contributed by atoms with Gasteiger partial charge >= 0.3 is 0 Å². The Labute approximate surface area is 190 Å². The van der Waals surface area contributed by atoms with Gasteiger partial charge in [0.25, 0.3) is 0 Å². The van der Waals surface area contributed by atoms with Gasteiger partial charge in [-0.15, -0.1) is 0 Å². The number of rotatable bonds is 5. The maximum absolute atomic E-state index is 12.5. The Bertz CT molecular complexity index is 745. The van der Waals surface area contributed by atoms with Crippen LogP contribution in [0.1, 0.15) is 119 Å². The van der Waals surface area contributed by atoms with Gasteiger partial charge < -0.3 is 10.4 Å². The van der Waals surface area contributed by atoms with Gasteiger partial charge in [-0.05, 0) is 114 Å². The molecule has 1 saturated carbocycles. The summed E-state index contributed by atoms with van der Waals surface area (Å²) < 4.78 is 0. The number of allylic oxidation sites excluding steroid dienone is 2. The largest absolute Gasteiger partial charge is 0.390 e. The van der Waals surface area contributed by atoms with E-state index in [2.05, 4.69) is 33.0 Å². The first-order chi connectivity index (χ1) is 14.4. The first-order valence-electron chi connectivity index (χ1n) is 13.1. The van der Waals surface area contributed by atoms with Crippen molar-refractivity contribution in [3.8, 4) is 0 Å². The summed E-state index contributed by atoms with van der Waals surface area (Å²) in [5, 5.41) is 13.4. The Kier molecular flexibility index (Phi) is 5.94. The summed E-state index contributed by atoms with van der Waals surface area (Å²) in [6, 6.07) is 0. The van der Waals surface area contributed by atoms with Crippen molar-refractivity contribution in [1.29, 1.82) is 0 Å². The Hall–Kier alpha value is -0.830. The second kappa shape index (κ2) is 7.89. The smallest absolute Gasteiger partial charge is 0.220 e. The van der Waals surface area contributed by atoms with Crippen LogP contribution >= 0.6 is 0 Å². The highest BCUT2D eigenvalue weighted by Crippen LogP contribution is 2.65. The van der Waals surface area contributed by atoms with E-state index in [1.54, 1.807) is 5.57 Å². The second-order valence-corrected chi connectivity index (χ2v) is 13.2. The number of aliphatic hydroxyl groups is 1. The third-order valence-electron chi connectivity index (χ3n) is 10.2. The topological polar surface area (TPSA) is 49.3 Å². The summed E-state index contributed by atoms with van der Waals surface area (Å²) in [4.78, 5) is 12.5. The van der Waals surface area contributed by atoms with Crippen molar-refractivity contribution in [1.82, 2.24) is 5.32 Å². The molecular weight excluding hydrogens is 382 g/mol. The Morgan fingerprint density at radius 2 is 1.74 bits per heavy atom. The second-order valence-electron chi connectivity index (χ2n) is 13.2. The molecule has 0 aromatic carbocycles. The molecule has 2 N–H and O–H groups in total. The van der Waals surface area contributed by atoms with E-state index < -0.39 is 5.60 Å². The molecule has 5 atom stereocenters. The van der Waals surface area contributed by atoms with Crippen molar-refractivity contribution in [2.24, 2.45) is 28.6 Å². The van der Waals surface area contributed by atoms with Gasteiger partial charge in [0, 0.05) is 12.0 Å². The Morgan fingerprint density at radius 3 is 2.45 bits per heavy atom. The molecule has 1 amide bonds. The summed E-state index contributed by atoms with van der Waals surface area (Å²) in [5.74, 6) is 2.40. The zero-order valence-corrected chi connectivity index (χ0v) is 21.1. The first kappa shape index (κ1) is 23.3. The lowest BCUT2D eigenvalue weighted by atomic mass is 9.51. The van der Waals surface area contributed by atoms with Gasteiger partial charge in [-0.2, -0.15) is 0 Å². The fourth-order valence-corrected chi connectivity index (χ4v) is 8.62. The van der Waals surface area contributed by atoms with E-state index in [1.807, 2.05) is 19.4 Å². The number of hydrogen-bond donors (Lipinski definition) is 2. The van der Waals surface area contributed by atoms with Gasteiger partial charge in [0.1, 0.15) is 0 Å². The standard InChI is InChI=1S/C28H47NO2/c1-25(2,31)16-8-7-9-19-10-12-21-20-11-13-23-26(3,4)29-24(30)15-18-28(23,6)22(20)14-17-27(19,21)5/h19,21,23,31H,7-18H2,1-6H3,(H,29,30). The maximum Gasteiger partial charge on any atom is 0.220 e. The molecule has 31 heavy (non-hydrogen) atoms. The normalized spacial score (nSPS) is 40.0. The van der Waals surface area contributed by atoms with E-state index in [0.717, 1.165) is 31.1 Å². The molecule has 0 radical (unpaired) electrons. The molecule has 1 aliphatic heterocycles. The van der Waals surface area contributed by atoms with Crippen LogP contribution in [0.15, 0.2) is 11.1 Å². The van der Waals surface area contributed by atoms with Crippen LogP contribution in [0.5, 0.6) is 0 Å². The summed E-state index contributed by atoms with van der Waals surface area (Å²) in [5.41, 5.74) is 3.59. The van der Waals surface area contributed by atoms with Crippen LogP contribution < -0.4 is 5.32 Å². The molecule has 4 aliphatic rings. The van der Waals surface area contributed by atoms with Gasteiger partial charge in [0.15, 0.2) is 0 Å². The molecule has 0 aromatic heterocycles. The minimum atomic E-state index is -0.524. The number of nitrogens with one attached hydrogen (secondary N) is 1. The predicted octanol–water partition coefficient (Wildman–Crippen LogP) is 6.55. The average Bonchev–Trinajstić information content (AvgIpc) is 2.94. The molecule has 0 bridgehead atoms. The van der Waals surface area contributed by atoms with Crippen molar-refractivity contribution in [2.75, 3.05) is 0 Å². The van der Waals surface area contributed by atoms with Crippen LogP contribution in [-0.4, -0.2) is 22.2 Å². The molecular formula is C28H47NO2. The molecule has 2 fully saturated rings. The first-order valence-corrected chi connectivity index (χ1v) is 13.1. The van der Waals surface area contributed by atoms with Crippen molar-refractivity contribution in [2.45, 2.75) is 130 Å². The predicted molar refractivity (Wildman–Crippen MR) is 128 cm³/mol. The number of fused-ring (bicyclic) bond motifs is 4. The molecule has 0 spiro atoms. The zero-order chi connectivity index (χ0) is 22.7. The van der Waals surface area contributed by atoms with E-state index in [-0.39, 0.29) is 16.9 Å². The monoisotopic (exact) mass is 429 g/mol. The minimum absolute atomic E-state index is 0.111. The van der Waals surface area contributed by atoms with E-state index in [4.69, 9.17) is 0 Å². The van der Waals surface area contributed by atoms with Crippen LogP contribution in [0.3, 0.4) is 0 Å².